The van der Waals surface area contributed by atoms with Gasteiger partial charge in [-0.15, -0.1) is 10.2 Å². The van der Waals surface area contributed by atoms with E-state index in [1.165, 1.54) is 42.2 Å². The van der Waals surface area contributed by atoms with Crippen LogP contribution >= 0.6 is 0 Å². The number of carbonyl (C=O) groups excluding carboxylic acids is 1. The first kappa shape index (κ1) is 21.3. The Bertz CT molecular complexity index is 1160. The molecular formula is C18H19FN6O4S. The standard InChI is InChI=1S/C18H19FN6O4S/c1-11(12-3-6-14(19)7-4-12)25-23-18(22-24-25)13-5-8-16(15(9-13)29-2)30(27,28)21-10-17(20)26/h3-9,11,21H,10H2,1-2H3,(H2,20,26). The van der Waals surface area contributed by atoms with Crippen LogP contribution in [0.4, 0.5) is 4.39 Å². The van der Waals surface area contributed by atoms with Crippen LogP contribution in [0.1, 0.15) is 18.5 Å². The summed E-state index contributed by atoms with van der Waals surface area (Å²) in [6.45, 7) is 1.30. The van der Waals surface area contributed by atoms with E-state index in [1.54, 1.807) is 12.1 Å². The molecule has 1 unspecified atom stereocenters. The number of sulfonamides is 1. The van der Waals surface area contributed by atoms with Crippen LogP contribution in [0.15, 0.2) is 47.4 Å². The molecule has 0 bridgehead atoms. The summed E-state index contributed by atoms with van der Waals surface area (Å²) in [5, 5.41) is 12.4. The second-order valence-electron chi connectivity index (χ2n) is 6.32. The Hall–Kier alpha value is -3.38. The highest BCUT2D eigenvalue weighted by Gasteiger charge is 2.22. The van der Waals surface area contributed by atoms with E-state index in [4.69, 9.17) is 10.5 Å². The summed E-state index contributed by atoms with van der Waals surface area (Å²) in [4.78, 5) is 12.1. The van der Waals surface area contributed by atoms with Crippen LogP contribution in [0.5, 0.6) is 5.75 Å². The third-order valence-corrected chi connectivity index (χ3v) is 5.72. The van der Waals surface area contributed by atoms with Crippen molar-refractivity contribution in [3.63, 3.8) is 0 Å². The first-order valence-corrected chi connectivity index (χ1v) is 10.2. The van der Waals surface area contributed by atoms with Crippen molar-refractivity contribution in [2.24, 2.45) is 5.73 Å². The fourth-order valence-corrected chi connectivity index (χ4v) is 3.79. The molecule has 3 aromatic rings. The van der Waals surface area contributed by atoms with Crippen molar-refractivity contribution in [1.82, 2.24) is 24.9 Å². The molecule has 158 valence electrons. The average Bonchev–Trinajstić information content (AvgIpc) is 3.22. The number of hydrogen-bond acceptors (Lipinski definition) is 7. The second-order valence-corrected chi connectivity index (χ2v) is 8.05. The minimum atomic E-state index is -4.01. The number of hydrogen-bond donors (Lipinski definition) is 2. The fourth-order valence-electron chi connectivity index (χ4n) is 2.65. The third kappa shape index (κ3) is 4.60. The molecule has 30 heavy (non-hydrogen) atoms. The zero-order valence-corrected chi connectivity index (χ0v) is 16.9. The highest BCUT2D eigenvalue weighted by Crippen LogP contribution is 2.29. The lowest BCUT2D eigenvalue weighted by molar-refractivity contribution is -0.116. The molecule has 0 saturated carbocycles. The molecule has 0 radical (unpaired) electrons. The molecule has 10 nitrogen and oxygen atoms in total. The Morgan fingerprint density at radius 2 is 1.97 bits per heavy atom. The van der Waals surface area contributed by atoms with E-state index in [1.807, 2.05) is 6.92 Å². The number of halogens is 1. The van der Waals surface area contributed by atoms with Gasteiger partial charge >= 0.3 is 0 Å². The topological polar surface area (TPSA) is 142 Å². The van der Waals surface area contributed by atoms with Gasteiger partial charge in [-0.3, -0.25) is 4.79 Å². The number of rotatable bonds is 8. The molecular weight excluding hydrogens is 415 g/mol. The van der Waals surface area contributed by atoms with Crippen LogP contribution in [0.3, 0.4) is 0 Å². The number of benzene rings is 2. The predicted molar refractivity (Wildman–Crippen MR) is 104 cm³/mol. The number of ether oxygens (including phenoxy) is 1. The molecule has 1 atom stereocenters. The lowest BCUT2D eigenvalue weighted by Crippen LogP contribution is -2.33. The highest BCUT2D eigenvalue weighted by molar-refractivity contribution is 7.89. The predicted octanol–water partition coefficient (Wildman–Crippen LogP) is 0.861. The quantitative estimate of drug-likeness (QED) is 0.535. The van der Waals surface area contributed by atoms with Crippen molar-refractivity contribution in [3.05, 3.63) is 53.8 Å². The van der Waals surface area contributed by atoms with Gasteiger partial charge in [-0.05, 0) is 48.0 Å². The number of primary amides is 1. The number of aromatic nitrogens is 4. The van der Waals surface area contributed by atoms with Gasteiger partial charge < -0.3 is 10.5 Å². The van der Waals surface area contributed by atoms with E-state index in [2.05, 4.69) is 20.1 Å². The second kappa shape index (κ2) is 8.55. The number of carbonyl (C=O) groups is 1. The first-order chi connectivity index (χ1) is 14.2. The van der Waals surface area contributed by atoms with Gasteiger partial charge in [0.2, 0.25) is 21.8 Å². The van der Waals surface area contributed by atoms with E-state index in [-0.39, 0.29) is 28.3 Å². The number of methoxy groups -OCH3 is 1. The first-order valence-electron chi connectivity index (χ1n) is 8.72. The minimum Gasteiger partial charge on any atom is -0.495 e. The van der Waals surface area contributed by atoms with E-state index >= 15 is 0 Å². The smallest absolute Gasteiger partial charge is 0.244 e. The van der Waals surface area contributed by atoms with Crippen molar-refractivity contribution in [3.8, 4) is 17.1 Å². The fraction of sp³-hybridized carbons (Fsp3) is 0.222. The third-order valence-electron chi connectivity index (χ3n) is 4.27. The molecule has 0 fully saturated rings. The van der Waals surface area contributed by atoms with Crippen LogP contribution in [0.25, 0.3) is 11.4 Å². The number of nitrogens with one attached hydrogen (secondary N) is 1. The van der Waals surface area contributed by atoms with Crippen LogP contribution < -0.4 is 15.2 Å². The summed E-state index contributed by atoms with van der Waals surface area (Å²) < 4.78 is 45.1. The Kier molecular flexibility index (Phi) is 6.08. The lowest BCUT2D eigenvalue weighted by atomic mass is 10.1. The maximum absolute atomic E-state index is 13.1. The number of amides is 1. The van der Waals surface area contributed by atoms with E-state index in [9.17, 15) is 17.6 Å². The van der Waals surface area contributed by atoms with Crippen LogP contribution in [-0.4, -0.2) is 48.2 Å². The van der Waals surface area contributed by atoms with Crippen molar-refractivity contribution in [2.45, 2.75) is 17.9 Å². The molecule has 1 amide bonds. The van der Waals surface area contributed by atoms with E-state index < -0.39 is 22.5 Å². The Morgan fingerprint density at radius 3 is 2.60 bits per heavy atom. The van der Waals surface area contributed by atoms with Crippen molar-refractivity contribution < 1.29 is 22.3 Å². The molecule has 1 heterocycles. The number of nitrogens with zero attached hydrogens (tertiary/aromatic N) is 4. The van der Waals surface area contributed by atoms with Gasteiger partial charge in [-0.2, -0.15) is 4.80 Å². The monoisotopic (exact) mass is 434 g/mol. The molecule has 3 rings (SSSR count). The summed E-state index contributed by atoms with van der Waals surface area (Å²) >= 11 is 0. The van der Waals surface area contributed by atoms with Gasteiger partial charge in [-0.1, -0.05) is 12.1 Å². The summed E-state index contributed by atoms with van der Waals surface area (Å²) in [5.41, 5.74) is 6.25. The van der Waals surface area contributed by atoms with Crippen molar-refractivity contribution in [1.29, 1.82) is 0 Å². The van der Waals surface area contributed by atoms with E-state index in [0.29, 0.717) is 5.56 Å². The largest absolute Gasteiger partial charge is 0.495 e. The normalized spacial score (nSPS) is 12.5. The summed E-state index contributed by atoms with van der Waals surface area (Å²) in [6.07, 6.45) is 0. The van der Waals surface area contributed by atoms with Crippen LogP contribution in [0, 0.1) is 5.82 Å². The molecule has 0 saturated heterocycles. The van der Waals surface area contributed by atoms with Crippen molar-refractivity contribution >= 4 is 15.9 Å². The average molecular weight is 434 g/mol. The molecule has 0 aliphatic carbocycles. The summed E-state index contributed by atoms with van der Waals surface area (Å²) in [6, 6.07) is 9.90. The van der Waals surface area contributed by atoms with Gasteiger partial charge in [0, 0.05) is 5.56 Å². The zero-order valence-electron chi connectivity index (χ0n) is 16.1. The molecule has 0 aliphatic rings. The molecule has 12 heteroatoms. The van der Waals surface area contributed by atoms with Gasteiger partial charge in [0.25, 0.3) is 0 Å². The Morgan fingerprint density at radius 1 is 1.27 bits per heavy atom. The number of nitrogens with two attached hydrogens (primary N) is 1. The van der Waals surface area contributed by atoms with Gasteiger partial charge in [-0.25, -0.2) is 17.5 Å². The maximum Gasteiger partial charge on any atom is 0.244 e. The summed E-state index contributed by atoms with van der Waals surface area (Å²) in [7, 11) is -2.70. The number of tetrazole rings is 1. The zero-order chi connectivity index (χ0) is 21.9. The molecule has 0 spiro atoms. The maximum atomic E-state index is 13.1. The van der Waals surface area contributed by atoms with Gasteiger partial charge in [0.05, 0.1) is 19.7 Å². The van der Waals surface area contributed by atoms with E-state index in [0.717, 1.165) is 5.56 Å². The van der Waals surface area contributed by atoms with Crippen LogP contribution in [-0.2, 0) is 14.8 Å². The van der Waals surface area contributed by atoms with Gasteiger partial charge in [0.1, 0.15) is 16.5 Å². The molecule has 3 N–H and O–H groups in total. The highest BCUT2D eigenvalue weighted by atomic mass is 32.2. The SMILES string of the molecule is COc1cc(-c2nnn(C(C)c3ccc(F)cc3)n2)ccc1S(=O)(=O)NCC(N)=O. The molecule has 1 aromatic heterocycles. The molecule has 2 aromatic carbocycles. The minimum absolute atomic E-state index is 0.0346. The van der Waals surface area contributed by atoms with Crippen LogP contribution in [0.2, 0.25) is 0 Å². The summed E-state index contributed by atoms with van der Waals surface area (Å²) in [5.74, 6) is -0.875. The molecule has 0 aliphatic heterocycles. The van der Waals surface area contributed by atoms with Gasteiger partial charge in [0.15, 0.2) is 0 Å². The Balaban J connectivity index is 1.88. The lowest BCUT2D eigenvalue weighted by Gasteiger charge is -2.11. The Labute approximate surface area is 171 Å². The van der Waals surface area contributed by atoms with Crippen molar-refractivity contribution in [2.75, 3.05) is 13.7 Å².